The molecule has 1 amide bonds. The molecular weight excluding hydrogens is 414 g/mol. The smallest absolute Gasteiger partial charge is 0.254 e. The van der Waals surface area contributed by atoms with Crippen LogP contribution in [0, 0.1) is 0 Å². The minimum atomic E-state index is -0.0822. The van der Waals surface area contributed by atoms with E-state index in [1.54, 1.807) is 28.8 Å². The number of rotatable bonds is 8. The number of amides is 1. The van der Waals surface area contributed by atoms with Crippen LogP contribution in [0.3, 0.4) is 0 Å². The summed E-state index contributed by atoms with van der Waals surface area (Å²) in [6, 6.07) is 7.58. The zero-order chi connectivity index (χ0) is 21.2. The summed E-state index contributed by atoms with van der Waals surface area (Å²) in [7, 11) is 0. The van der Waals surface area contributed by atoms with Gasteiger partial charge >= 0.3 is 0 Å². The molecule has 0 spiro atoms. The van der Waals surface area contributed by atoms with E-state index in [4.69, 9.17) is 14.5 Å². The van der Waals surface area contributed by atoms with Gasteiger partial charge in [-0.3, -0.25) is 4.79 Å². The molecule has 0 saturated heterocycles. The van der Waals surface area contributed by atoms with Gasteiger partial charge in [0.2, 0.25) is 6.79 Å². The number of benzene rings is 1. The summed E-state index contributed by atoms with van der Waals surface area (Å²) in [5, 5.41) is 7.50. The van der Waals surface area contributed by atoms with Gasteiger partial charge in [-0.1, -0.05) is 0 Å². The molecule has 0 bridgehead atoms. The van der Waals surface area contributed by atoms with E-state index in [0.29, 0.717) is 29.7 Å². The molecule has 1 aliphatic carbocycles. The predicted molar refractivity (Wildman–Crippen MR) is 118 cm³/mol. The Kier molecular flexibility index (Phi) is 5.50. The van der Waals surface area contributed by atoms with Crippen LogP contribution >= 0.6 is 11.8 Å². The molecule has 160 valence electrons. The number of carbonyl (C=O) groups excluding carboxylic acids is 1. The van der Waals surface area contributed by atoms with Crippen molar-refractivity contribution in [3.63, 3.8) is 0 Å². The van der Waals surface area contributed by atoms with Gasteiger partial charge in [-0.05, 0) is 55.5 Å². The number of aromatic nitrogens is 4. The van der Waals surface area contributed by atoms with Gasteiger partial charge < -0.3 is 14.8 Å². The van der Waals surface area contributed by atoms with Crippen LogP contribution in [0.1, 0.15) is 41.2 Å². The minimum absolute atomic E-state index is 0.0822. The number of fused-ring (bicyclic) bond motifs is 1. The first-order valence-electron chi connectivity index (χ1n) is 10.3. The van der Waals surface area contributed by atoms with Crippen molar-refractivity contribution < 1.29 is 14.3 Å². The van der Waals surface area contributed by atoms with E-state index in [1.165, 1.54) is 0 Å². The molecule has 5 rings (SSSR count). The van der Waals surface area contributed by atoms with Crippen molar-refractivity contribution in [1.82, 2.24) is 25.1 Å². The van der Waals surface area contributed by atoms with Crippen molar-refractivity contribution in [3.8, 4) is 28.7 Å². The number of ether oxygens (including phenoxy) is 2. The lowest BCUT2D eigenvalue weighted by Gasteiger charge is -2.09. The third-order valence-corrected chi connectivity index (χ3v) is 6.02. The van der Waals surface area contributed by atoms with Crippen LogP contribution in [0.2, 0.25) is 0 Å². The highest BCUT2D eigenvalue weighted by Gasteiger charge is 2.33. The van der Waals surface area contributed by atoms with Crippen LogP contribution in [-0.2, 0) is 0 Å². The molecule has 3 aromatic rings. The number of nitrogens with one attached hydrogen (secondary N) is 1. The molecule has 1 saturated carbocycles. The Bertz CT molecular complexity index is 1110. The van der Waals surface area contributed by atoms with Crippen LogP contribution < -0.4 is 14.8 Å². The number of hydrogen-bond acceptors (Lipinski definition) is 7. The van der Waals surface area contributed by atoms with Crippen molar-refractivity contribution >= 4 is 17.7 Å². The van der Waals surface area contributed by atoms with Gasteiger partial charge in [0.1, 0.15) is 0 Å². The van der Waals surface area contributed by atoms with Crippen molar-refractivity contribution in [2.75, 3.05) is 25.3 Å². The van der Waals surface area contributed by atoms with Crippen molar-refractivity contribution in [1.29, 1.82) is 0 Å². The van der Waals surface area contributed by atoms with Crippen LogP contribution in [0.25, 0.3) is 17.2 Å². The van der Waals surface area contributed by atoms with Crippen LogP contribution in [0.5, 0.6) is 11.5 Å². The highest BCUT2D eigenvalue weighted by atomic mass is 32.2. The quantitative estimate of drug-likeness (QED) is 0.540. The summed E-state index contributed by atoms with van der Waals surface area (Å²) in [5.74, 6) is 3.15. The second-order valence-electron chi connectivity index (χ2n) is 7.54. The molecular formula is C22H23N5O3S. The van der Waals surface area contributed by atoms with Gasteiger partial charge in [0, 0.05) is 24.2 Å². The minimum Gasteiger partial charge on any atom is -0.454 e. The topological polar surface area (TPSA) is 91.2 Å². The maximum Gasteiger partial charge on any atom is 0.254 e. The van der Waals surface area contributed by atoms with Gasteiger partial charge in [0.05, 0.1) is 23.1 Å². The Labute approximate surface area is 184 Å². The molecule has 1 aromatic carbocycles. The first kappa shape index (κ1) is 19.9. The van der Waals surface area contributed by atoms with E-state index in [-0.39, 0.29) is 12.7 Å². The summed E-state index contributed by atoms with van der Waals surface area (Å²) >= 11 is 1.78. The third-order valence-electron chi connectivity index (χ3n) is 5.33. The number of hydrogen-bond donors (Lipinski definition) is 1. The molecule has 8 nitrogen and oxygen atoms in total. The molecule has 31 heavy (non-hydrogen) atoms. The van der Waals surface area contributed by atoms with Gasteiger partial charge in [-0.25, -0.2) is 14.6 Å². The summed E-state index contributed by atoms with van der Waals surface area (Å²) < 4.78 is 12.6. The standard InChI is InChI=1S/C22H23N5O3S/c1-31-10-2-8-23-21(28)16-12-25-27(20(16)14-3-4-14)22-24-9-7-17(26-22)15-5-6-18-19(11-15)30-13-29-18/h5-7,9,11-12,14H,2-4,8,10,13H2,1H3,(H,23,28). The Balaban J connectivity index is 1.43. The number of nitrogens with zero attached hydrogens (tertiary/aromatic N) is 4. The van der Waals surface area contributed by atoms with Crippen molar-refractivity contribution in [3.05, 3.63) is 47.9 Å². The van der Waals surface area contributed by atoms with E-state index in [1.807, 2.05) is 24.3 Å². The van der Waals surface area contributed by atoms with E-state index >= 15 is 0 Å². The second kappa shape index (κ2) is 8.58. The number of thioether (sulfide) groups is 1. The van der Waals surface area contributed by atoms with Gasteiger partial charge in [0.25, 0.3) is 11.9 Å². The molecule has 2 aromatic heterocycles. The lowest BCUT2D eigenvalue weighted by molar-refractivity contribution is 0.0952. The van der Waals surface area contributed by atoms with Crippen LogP contribution in [0.15, 0.2) is 36.7 Å². The molecule has 9 heteroatoms. The monoisotopic (exact) mass is 437 g/mol. The molecule has 1 fully saturated rings. The van der Waals surface area contributed by atoms with E-state index < -0.39 is 0 Å². The average Bonchev–Trinajstić information content (AvgIpc) is 3.36. The number of carbonyl (C=O) groups is 1. The molecule has 0 unspecified atom stereocenters. The molecule has 2 aliphatic rings. The summed E-state index contributed by atoms with van der Waals surface area (Å²) in [6.45, 7) is 0.888. The lowest BCUT2D eigenvalue weighted by Crippen LogP contribution is -2.25. The first-order chi connectivity index (χ1) is 15.2. The summed E-state index contributed by atoms with van der Waals surface area (Å²) in [4.78, 5) is 21.9. The molecule has 1 aliphatic heterocycles. The normalized spacial score (nSPS) is 14.6. The summed E-state index contributed by atoms with van der Waals surface area (Å²) in [6.07, 6.45) is 8.44. The van der Waals surface area contributed by atoms with Crippen molar-refractivity contribution in [2.24, 2.45) is 0 Å². The summed E-state index contributed by atoms with van der Waals surface area (Å²) in [5.41, 5.74) is 3.16. The molecule has 3 heterocycles. The SMILES string of the molecule is CSCCCNC(=O)c1cnn(-c2nccc(-c3ccc4c(c3)OCO4)n2)c1C1CC1. The zero-order valence-electron chi connectivity index (χ0n) is 17.2. The molecule has 1 N–H and O–H groups in total. The highest BCUT2D eigenvalue weighted by molar-refractivity contribution is 7.98. The van der Waals surface area contributed by atoms with Crippen LogP contribution in [-0.4, -0.2) is 51.0 Å². The molecule has 0 atom stereocenters. The Hall–Kier alpha value is -3.07. The molecule has 0 radical (unpaired) electrons. The largest absolute Gasteiger partial charge is 0.454 e. The Morgan fingerprint density at radius 3 is 2.97 bits per heavy atom. The van der Waals surface area contributed by atoms with Gasteiger partial charge in [-0.15, -0.1) is 0 Å². The third kappa shape index (κ3) is 4.10. The highest BCUT2D eigenvalue weighted by Crippen LogP contribution is 2.42. The fourth-order valence-electron chi connectivity index (χ4n) is 3.62. The fourth-order valence-corrected chi connectivity index (χ4v) is 4.06. The second-order valence-corrected chi connectivity index (χ2v) is 8.53. The predicted octanol–water partition coefficient (Wildman–Crippen LogP) is 3.42. The Morgan fingerprint density at radius 1 is 1.26 bits per heavy atom. The maximum absolute atomic E-state index is 12.8. The fraction of sp³-hybridized carbons (Fsp3) is 0.364. The van der Waals surface area contributed by atoms with Gasteiger partial charge in [-0.2, -0.15) is 16.9 Å². The van der Waals surface area contributed by atoms with Gasteiger partial charge in [0.15, 0.2) is 11.5 Å². The maximum atomic E-state index is 12.8. The van der Waals surface area contributed by atoms with E-state index in [2.05, 4.69) is 21.7 Å². The van der Waals surface area contributed by atoms with Crippen LogP contribution in [0.4, 0.5) is 0 Å². The first-order valence-corrected chi connectivity index (χ1v) is 11.7. The van der Waals surface area contributed by atoms with E-state index in [0.717, 1.165) is 47.7 Å². The zero-order valence-corrected chi connectivity index (χ0v) is 18.0. The lowest BCUT2D eigenvalue weighted by atomic mass is 10.1. The van der Waals surface area contributed by atoms with E-state index in [9.17, 15) is 4.79 Å². The van der Waals surface area contributed by atoms with Crippen molar-refractivity contribution in [2.45, 2.75) is 25.2 Å². The Morgan fingerprint density at radius 2 is 2.13 bits per heavy atom. The average molecular weight is 438 g/mol.